The third-order valence-electron chi connectivity index (χ3n) is 3.03. The Morgan fingerprint density at radius 1 is 1.41 bits per heavy atom. The summed E-state index contributed by atoms with van der Waals surface area (Å²) in [5.41, 5.74) is -0.361. The molecule has 0 saturated carbocycles. The Hall–Kier alpha value is -0.980. The van der Waals surface area contributed by atoms with E-state index in [4.69, 9.17) is 0 Å². The molecule has 1 fully saturated rings. The topological polar surface area (TPSA) is 71.1 Å². The van der Waals surface area contributed by atoms with E-state index in [1.165, 1.54) is 6.20 Å². The van der Waals surface area contributed by atoms with Gasteiger partial charge in [-0.25, -0.2) is 13.1 Å². The molecule has 0 aliphatic carbocycles. The lowest BCUT2D eigenvalue weighted by atomic mass is 9.92. The SMILES string of the molecule is CC1(NS(=O)(=O)c2cccnc2)CCNCC1. The summed E-state index contributed by atoms with van der Waals surface area (Å²) in [5.74, 6) is 0. The van der Waals surface area contributed by atoms with Gasteiger partial charge in [0.1, 0.15) is 4.90 Å². The van der Waals surface area contributed by atoms with E-state index in [0.717, 1.165) is 25.9 Å². The Labute approximate surface area is 102 Å². The second-order valence-corrected chi connectivity index (χ2v) is 6.29. The van der Waals surface area contributed by atoms with Crippen LogP contribution in [0.15, 0.2) is 29.4 Å². The van der Waals surface area contributed by atoms with Crippen LogP contribution in [-0.4, -0.2) is 32.0 Å². The largest absolute Gasteiger partial charge is 0.317 e. The Kier molecular flexibility index (Phi) is 3.46. The van der Waals surface area contributed by atoms with E-state index in [0.29, 0.717) is 0 Å². The van der Waals surface area contributed by atoms with Gasteiger partial charge >= 0.3 is 0 Å². The van der Waals surface area contributed by atoms with E-state index in [2.05, 4.69) is 15.0 Å². The molecule has 1 aromatic heterocycles. The molecule has 6 heteroatoms. The molecule has 1 aromatic rings. The first-order chi connectivity index (χ1) is 8.02. The molecule has 5 nitrogen and oxygen atoms in total. The lowest BCUT2D eigenvalue weighted by Gasteiger charge is -2.34. The highest BCUT2D eigenvalue weighted by atomic mass is 32.2. The third-order valence-corrected chi connectivity index (χ3v) is 4.66. The van der Waals surface area contributed by atoms with E-state index in [1.807, 2.05) is 6.92 Å². The van der Waals surface area contributed by atoms with Crippen LogP contribution in [0.4, 0.5) is 0 Å². The van der Waals surface area contributed by atoms with Crippen molar-refractivity contribution in [3.8, 4) is 0 Å². The molecule has 1 saturated heterocycles. The van der Waals surface area contributed by atoms with Crippen LogP contribution >= 0.6 is 0 Å². The van der Waals surface area contributed by atoms with Crippen LogP contribution in [0.1, 0.15) is 19.8 Å². The van der Waals surface area contributed by atoms with Gasteiger partial charge in [-0.1, -0.05) is 0 Å². The number of nitrogens with zero attached hydrogens (tertiary/aromatic N) is 1. The number of rotatable bonds is 3. The monoisotopic (exact) mass is 255 g/mol. The average molecular weight is 255 g/mol. The predicted molar refractivity (Wildman–Crippen MR) is 65.1 cm³/mol. The lowest BCUT2D eigenvalue weighted by Crippen LogP contribution is -2.52. The summed E-state index contributed by atoms with van der Waals surface area (Å²) in [7, 11) is -3.46. The first kappa shape index (κ1) is 12.5. The quantitative estimate of drug-likeness (QED) is 0.825. The maximum absolute atomic E-state index is 12.1. The molecule has 0 aromatic carbocycles. The third kappa shape index (κ3) is 3.02. The highest BCUT2D eigenvalue weighted by molar-refractivity contribution is 7.89. The molecule has 0 amide bonds. The molecule has 0 spiro atoms. The predicted octanol–water partition coefficient (Wildman–Crippen LogP) is 0.502. The number of sulfonamides is 1. The van der Waals surface area contributed by atoms with Gasteiger partial charge in [-0.3, -0.25) is 4.98 Å². The molecule has 2 rings (SSSR count). The number of hydrogen-bond donors (Lipinski definition) is 2. The van der Waals surface area contributed by atoms with Gasteiger partial charge < -0.3 is 5.32 Å². The molecule has 17 heavy (non-hydrogen) atoms. The van der Waals surface area contributed by atoms with Crippen LogP contribution in [0.25, 0.3) is 0 Å². The maximum atomic E-state index is 12.1. The van der Waals surface area contributed by atoms with Crippen LogP contribution in [0, 0.1) is 0 Å². The van der Waals surface area contributed by atoms with E-state index in [9.17, 15) is 8.42 Å². The van der Waals surface area contributed by atoms with Crippen LogP contribution in [-0.2, 0) is 10.0 Å². The molecule has 0 bridgehead atoms. The zero-order valence-corrected chi connectivity index (χ0v) is 10.6. The van der Waals surface area contributed by atoms with Crippen LogP contribution < -0.4 is 10.0 Å². The smallest absolute Gasteiger partial charge is 0.242 e. The van der Waals surface area contributed by atoms with Gasteiger partial charge in [0, 0.05) is 17.9 Å². The first-order valence-electron chi connectivity index (χ1n) is 5.67. The highest BCUT2D eigenvalue weighted by Gasteiger charge is 2.31. The number of nitrogens with one attached hydrogen (secondary N) is 2. The normalized spacial score (nSPS) is 20.1. The minimum Gasteiger partial charge on any atom is -0.317 e. The van der Waals surface area contributed by atoms with Crippen molar-refractivity contribution in [3.05, 3.63) is 24.5 Å². The second-order valence-electron chi connectivity index (χ2n) is 4.60. The molecule has 1 aliphatic heterocycles. The molecule has 2 heterocycles. The van der Waals surface area contributed by atoms with Crippen molar-refractivity contribution in [2.24, 2.45) is 0 Å². The van der Waals surface area contributed by atoms with E-state index >= 15 is 0 Å². The van der Waals surface area contributed by atoms with E-state index in [1.54, 1.807) is 18.3 Å². The van der Waals surface area contributed by atoms with Gasteiger partial charge in [0.15, 0.2) is 0 Å². The summed E-state index contributed by atoms with van der Waals surface area (Å²) < 4.78 is 27.0. The maximum Gasteiger partial charge on any atom is 0.242 e. The molecule has 0 radical (unpaired) electrons. The standard InChI is InChI=1S/C11H17N3O2S/c1-11(4-7-12-8-5-11)14-17(15,16)10-3-2-6-13-9-10/h2-3,6,9,12,14H,4-5,7-8H2,1H3. The minimum atomic E-state index is -3.46. The van der Waals surface area contributed by atoms with Crippen molar-refractivity contribution in [2.75, 3.05) is 13.1 Å². The molecular weight excluding hydrogens is 238 g/mol. The zero-order chi connectivity index (χ0) is 12.4. The van der Waals surface area contributed by atoms with Crippen molar-refractivity contribution in [3.63, 3.8) is 0 Å². The molecular formula is C11H17N3O2S. The fraction of sp³-hybridized carbons (Fsp3) is 0.545. The Morgan fingerprint density at radius 2 is 2.12 bits per heavy atom. The van der Waals surface area contributed by atoms with Gasteiger partial charge in [0.05, 0.1) is 0 Å². The van der Waals surface area contributed by atoms with Crippen LogP contribution in [0.2, 0.25) is 0 Å². The summed E-state index contributed by atoms with van der Waals surface area (Å²) in [4.78, 5) is 4.06. The molecule has 2 N–H and O–H groups in total. The van der Waals surface area contributed by atoms with Crippen molar-refractivity contribution >= 4 is 10.0 Å². The molecule has 94 valence electrons. The van der Waals surface area contributed by atoms with Gasteiger partial charge in [-0.05, 0) is 45.0 Å². The van der Waals surface area contributed by atoms with E-state index < -0.39 is 10.0 Å². The van der Waals surface area contributed by atoms with E-state index in [-0.39, 0.29) is 10.4 Å². The molecule has 0 unspecified atom stereocenters. The number of piperidine rings is 1. The highest BCUT2D eigenvalue weighted by Crippen LogP contribution is 2.20. The summed E-state index contributed by atoms with van der Waals surface area (Å²) in [6.45, 7) is 3.62. The molecule has 0 atom stereocenters. The van der Waals surface area contributed by atoms with Crippen molar-refractivity contribution in [2.45, 2.75) is 30.2 Å². The average Bonchev–Trinajstić information content (AvgIpc) is 2.30. The molecule has 1 aliphatic rings. The number of aromatic nitrogens is 1. The van der Waals surface area contributed by atoms with Crippen molar-refractivity contribution in [1.82, 2.24) is 15.0 Å². The van der Waals surface area contributed by atoms with Gasteiger partial charge in [-0.2, -0.15) is 0 Å². The zero-order valence-electron chi connectivity index (χ0n) is 9.81. The van der Waals surface area contributed by atoms with Gasteiger partial charge in [-0.15, -0.1) is 0 Å². The minimum absolute atomic E-state index is 0.222. The van der Waals surface area contributed by atoms with Crippen molar-refractivity contribution < 1.29 is 8.42 Å². The fourth-order valence-corrected chi connectivity index (χ4v) is 3.40. The Balaban J connectivity index is 2.17. The van der Waals surface area contributed by atoms with Crippen molar-refractivity contribution in [1.29, 1.82) is 0 Å². The first-order valence-corrected chi connectivity index (χ1v) is 7.15. The van der Waals surface area contributed by atoms with Crippen LogP contribution in [0.3, 0.4) is 0 Å². The summed E-state index contributed by atoms with van der Waals surface area (Å²) in [5, 5.41) is 3.22. The second kappa shape index (κ2) is 4.72. The summed E-state index contributed by atoms with van der Waals surface area (Å²) >= 11 is 0. The van der Waals surface area contributed by atoms with Gasteiger partial charge in [0.2, 0.25) is 10.0 Å². The lowest BCUT2D eigenvalue weighted by molar-refractivity contribution is 0.308. The summed E-state index contributed by atoms with van der Waals surface area (Å²) in [6.07, 6.45) is 4.52. The summed E-state index contributed by atoms with van der Waals surface area (Å²) in [6, 6.07) is 3.18. The fourth-order valence-electron chi connectivity index (χ4n) is 1.97. The number of hydrogen-bond acceptors (Lipinski definition) is 4. The Bertz CT molecular complexity index is 467. The van der Waals surface area contributed by atoms with Gasteiger partial charge in [0.25, 0.3) is 0 Å². The number of pyridine rings is 1. The Morgan fingerprint density at radius 3 is 2.71 bits per heavy atom. The van der Waals surface area contributed by atoms with Crippen LogP contribution in [0.5, 0.6) is 0 Å².